The van der Waals surface area contributed by atoms with Gasteiger partial charge in [-0.1, -0.05) is 0 Å². The quantitative estimate of drug-likeness (QED) is 0.805. The van der Waals surface area contributed by atoms with Gasteiger partial charge in [-0.2, -0.15) is 4.31 Å². The average Bonchev–Trinajstić information content (AvgIpc) is 2.76. The van der Waals surface area contributed by atoms with Gasteiger partial charge in [-0.25, -0.2) is 8.42 Å². The molecule has 1 fully saturated rings. The molecule has 102 valence electrons. The van der Waals surface area contributed by atoms with Gasteiger partial charge in [-0.05, 0) is 25.3 Å². The molecule has 7 heteroatoms. The van der Waals surface area contributed by atoms with Crippen LogP contribution in [0.5, 0.6) is 0 Å². The third-order valence-electron chi connectivity index (χ3n) is 2.83. The smallest absolute Gasteiger partial charge is 0.244 e. The number of thiophene rings is 1. The normalized spacial score (nSPS) is 26.4. The zero-order chi connectivity index (χ0) is 13.3. The fourth-order valence-electron chi connectivity index (χ4n) is 2.12. The fourth-order valence-corrected chi connectivity index (χ4v) is 5.39. The molecular formula is C11H16ClNO3S2. The Morgan fingerprint density at radius 3 is 2.61 bits per heavy atom. The van der Waals surface area contributed by atoms with E-state index < -0.39 is 10.0 Å². The van der Waals surface area contributed by atoms with E-state index in [-0.39, 0.29) is 18.1 Å². The number of nitrogens with zero attached hydrogens (tertiary/aromatic N) is 1. The van der Waals surface area contributed by atoms with Crippen molar-refractivity contribution in [3.8, 4) is 0 Å². The van der Waals surface area contributed by atoms with E-state index in [4.69, 9.17) is 16.3 Å². The van der Waals surface area contributed by atoms with Crippen molar-refractivity contribution in [3.63, 3.8) is 0 Å². The summed E-state index contributed by atoms with van der Waals surface area (Å²) >= 11 is 7.15. The molecular weight excluding hydrogens is 294 g/mol. The molecule has 2 heterocycles. The van der Waals surface area contributed by atoms with Crippen LogP contribution in [0.2, 0.25) is 0 Å². The van der Waals surface area contributed by atoms with Gasteiger partial charge in [-0.15, -0.1) is 22.9 Å². The van der Waals surface area contributed by atoms with Gasteiger partial charge in [0.15, 0.2) is 0 Å². The largest absolute Gasteiger partial charge is 0.373 e. The van der Waals surface area contributed by atoms with E-state index in [1.54, 1.807) is 11.4 Å². The summed E-state index contributed by atoms with van der Waals surface area (Å²) in [5.41, 5.74) is 0. The zero-order valence-corrected chi connectivity index (χ0v) is 12.7. The summed E-state index contributed by atoms with van der Waals surface area (Å²) in [7, 11) is -3.45. The number of ether oxygens (including phenoxy) is 1. The van der Waals surface area contributed by atoms with Crippen molar-refractivity contribution in [2.45, 2.75) is 36.8 Å². The van der Waals surface area contributed by atoms with E-state index in [1.807, 2.05) is 13.8 Å². The topological polar surface area (TPSA) is 46.6 Å². The molecule has 2 rings (SSSR count). The number of sulfonamides is 1. The molecule has 0 N–H and O–H groups in total. The summed E-state index contributed by atoms with van der Waals surface area (Å²) in [4.78, 5) is 1.03. The molecule has 2 atom stereocenters. The van der Waals surface area contributed by atoms with Crippen LogP contribution in [0.15, 0.2) is 16.3 Å². The Hall–Kier alpha value is -0.140. The number of hydrogen-bond acceptors (Lipinski definition) is 4. The fraction of sp³-hybridized carbons (Fsp3) is 0.636. The van der Waals surface area contributed by atoms with E-state index in [9.17, 15) is 8.42 Å². The Labute approximate surface area is 117 Å². The molecule has 0 aliphatic carbocycles. The van der Waals surface area contributed by atoms with E-state index in [2.05, 4.69) is 0 Å². The van der Waals surface area contributed by atoms with Gasteiger partial charge in [0.25, 0.3) is 0 Å². The lowest BCUT2D eigenvalue weighted by atomic mass is 10.3. The van der Waals surface area contributed by atoms with Crippen LogP contribution in [0.25, 0.3) is 0 Å². The molecule has 18 heavy (non-hydrogen) atoms. The molecule has 0 amide bonds. The first kappa shape index (κ1) is 14.3. The molecule has 1 aliphatic rings. The Balaban J connectivity index is 2.31. The number of alkyl halides is 1. The highest BCUT2D eigenvalue weighted by molar-refractivity contribution is 7.89. The lowest BCUT2D eigenvalue weighted by Crippen LogP contribution is -2.48. The monoisotopic (exact) mass is 309 g/mol. The third-order valence-corrected chi connectivity index (χ3v) is 6.22. The predicted molar refractivity (Wildman–Crippen MR) is 72.6 cm³/mol. The van der Waals surface area contributed by atoms with Crippen LogP contribution in [-0.2, 0) is 20.6 Å². The van der Waals surface area contributed by atoms with Gasteiger partial charge in [-0.3, -0.25) is 0 Å². The molecule has 0 saturated carbocycles. The second-order valence-corrected chi connectivity index (χ2v) is 7.60. The van der Waals surface area contributed by atoms with Crippen LogP contribution in [0.3, 0.4) is 0 Å². The predicted octanol–water partition coefficient (Wildman–Crippen LogP) is 2.28. The van der Waals surface area contributed by atoms with Crippen LogP contribution in [0.4, 0.5) is 0 Å². The van der Waals surface area contributed by atoms with Crippen LogP contribution < -0.4 is 0 Å². The van der Waals surface area contributed by atoms with Crippen LogP contribution in [0, 0.1) is 0 Å². The first-order valence-corrected chi connectivity index (χ1v) is 8.58. The highest BCUT2D eigenvalue weighted by Gasteiger charge is 2.33. The lowest BCUT2D eigenvalue weighted by molar-refractivity contribution is -0.0440. The van der Waals surface area contributed by atoms with Gasteiger partial charge in [0, 0.05) is 18.0 Å². The maximum atomic E-state index is 12.5. The first-order valence-electron chi connectivity index (χ1n) is 5.73. The second-order valence-electron chi connectivity index (χ2n) is 4.42. The van der Waals surface area contributed by atoms with Crippen molar-refractivity contribution in [3.05, 3.63) is 16.3 Å². The maximum Gasteiger partial charge on any atom is 0.244 e. The number of rotatable bonds is 3. The molecule has 0 unspecified atom stereocenters. The van der Waals surface area contributed by atoms with Gasteiger partial charge in [0.1, 0.15) is 0 Å². The van der Waals surface area contributed by atoms with Crippen molar-refractivity contribution in [2.75, 3.05) is 13.1 Å². The van der Waals surface area contributed by atoms with Gasteiger partial charge < -0.3 is 4.74 Å². The lowest BCUT2D eigenvalue weighted by Gasteiger charge is -2.34. The SMILES string of the molecule is C[C@@H]1CN(S(=O)(=O)c2ccsc2CCl)C[C@H](C)O1. The van der Waals surface area contributed by atoms with E-state index >= 15 is 0 Å². The molecule has 0 radical (unpaired) electrons. The van der Waals surface area contributed by atoms with Crippen LogP contribution in [-0.4, -0.2) is 38.0 Å². The van der Waals surface area contributed by atoms with Crippen LogP contribution >= 0.6 is 22.9 Å². The molecule has 1 saturated heterocycles. The van der Waals surface area contributed by atoms with Crippen LogP contribution in [0.1, 0.15) is 18.7 Å². The average molecular weight is 310 g/mol. The Morgan fingerprint density at radius 1 is 1.44 bits per heavy atom. The maximum absolute atomic E-state index is 12.5. The van der Waals surface area contributed by atoms with Gasteiger partial charge in [0.2, 0.25) is 10.0 Å². The van der Waals surface area contributed by atoms with E-state index in [1.165, 1.54) is 15.6 Å². The number of morpholine rings is 1. The number of hydrogen-bond donors (Lipinski definition) is 0. The third kappa shape index (κ3) is 2.72. The minimum Gasteiger partial charge on any atom is -0.373 e. The standard InChI is InChI=1S/C11H16ClNO3S2/c1-8-6-13(7-9(2)16-8)18(14,15)11-3-4-17-10(11)5-12/h3-4,8-9H,5-7H2,1-2H3/t8-,9+. The molecule has 0 aromatic carbocycles. The summed E-state index contributed by atoms with van der Waals surface area (Å²) < 4.78 is 32.1. The summed E-state index contributed by atoms with van der Waals surface area (Å²) in [6, 6.07) is 1.63. The summed E-state index contributed by atoms with van der Waals surface area (Å²) in [6.07, 6.45) is -0.164. The minimum atomic E-state index is -3.45. The Morgan fingerprint density at radius 2 is 2.06 bits per heavy atom. The molecule has 1 aliphatic heterocycles. The molecule has 0 spiro atoms. The minimum absolute atomic E-state index is 0.0818. The first-order chi connectivity index (χ1) is 8.45. The summed E-state index contributed by atoms with van der Waals surface area (Å²) in [5, 5.41) is 1.76. The highest BCUT2D eigenvalue weighted by Crippen LogP contribution is 2.28. The summed E-state index contributed by atoms with van der Waals surface area (Å²) in [6.45, 7) is 4.55. The Bertz CT molecular complexity index is 504. The van der Waals surface area contributed by atoms with Crippen molar-refractivity contribution in [1.29, 1.82) is 0 Å². The number of halogens is 1. The van der Waals surface area contributed by atoms with Crippen molar-refractivity contribution in [2.24, 2.45) is 0 Å². The van der Waals surface area contributed by atoms with Crippen molar-refractivity contribution >= 4 is 33.0 Å². The van der Waals surface area contributed by atoms with Gasteiger partial charge in [0.05, 0.1) is 23.0 Å². The molecule has 1 aromatic heterocycles. The van der Waals surface area contributed by atoms with E-state index in [0.717, 1.165) is 0 Å². The summed E-state index contributed by atoms with van der Waals surface area (Å²) in [5.74, 6) is 0.224. The van der Waals surface area contributed by atoms with Gasteiger partial charge >= 0.3 is 0 Å². The molecule has 0 bridgehead atoms. The molecule has 1 aromatic rings. The highest BCUT2D eigenvalue weighted by atomic mass is 35.5. The van der Waals surface area contributed by atoms with E-state index in [0.29, 0.717) is 22.9 Å². The zero-order valence-electron chi connectivity index (χ0n) is 10.3. The van der Waals surface area contributed by atoms with Crippen molar-refractivity contribution in [1.82, 2.24) is 4.31 Å². The Kier molecular flexibility index (Phi) is 4.33. The molecule has 4 nitrogen and oxygen atoms in total. The second kappa shape index (κ2) is 5.46. The van der Waals surface area contributed by atoms with Crippen molar-refractivity contribution < 1.29 is 13.2 Å².